The maximum absolute atomic E-state index is 11.8. The van der Waals surface area contributed by atoms with E-state index in [0.717, 1.165) is 13.0 Å². The molecule has 0 aliphatic carbocycles. The lowest BCUT2D eigenvalue weighted by Crippen LogP contribution is -2.45. The van der Waals surface area contributed by atoms with Gasteiger partial charge in [-0.3, -0.25) is 9.59 Å². The lowest BCUT2D eigenvalue weighted by Gasteiger charge is -2.40. The van der Waals surface area contributed by atoms with Crippen LogP contribution in [0.5, 0.6) is 0 Å². The van der Waals surface area contributed by atoms with Gasteiger partial charge < -0.3 is 4.90 Å². The second kappa shape index (κ2) is 3.69. The van der Waals surface area contributed by atoms with Gasteiger partial charge in [0.25, 0.3) is 0 Å². The Morgan fingerprint density at radius 2 is 2.12 bits per heavy atom. The van der Waals surface area contributed by atoms with Crippen LogP contribution < -0.4 is 0 Å². The van der Waals surface area contributed by atoms with Crippen molar-refractivity contribution in [2.45, 2.75) is 32.2 Å². The predicted octanol–water partition coefficient (Wildman–Crippen LogP) is 1.78. The summed E-state index contributed by atoms with van der Waals surface area (Å²) < 4.78 is 0. The fourth-order valence-electron chi connectivity index (χ4n) is 3.01. The fraction of sp³-hybridized carbons (Fsp3) is 0.429. The topological polar surface area (TPSA) is 37.4 Å². The third kappa shape index (κ3) is 1.57. The molecular formula is C14H15NO2. The molecule has 0 aromatic heterocycles. The Kier molecular flexibility index (Phi) is 2.28. The number of ketones is 1. The van der Waals surface area contributed by atoms with Crippen molar-refractivity contribution in [2.24, 2.45) is 0 Å². The molecule has 2 aliphatic rings. The molecule has 88 valence electrons. The molecule has 0 bridgehead atoms. The summed E-state index contributed by atoms with van der Waals surface area (Å²) in [6.07, 6.45) is 1.50. The molecule has 2 heterocycles. The number of rotatable bonds is 0. The van der Waals surface area contributed by atoms with Crippen LogP contribution in [-0.4, -0.2) is 23.1 Å². The smallest absolute Gasteiger partial charge is 0.230 e. The lowest BCUT2D eigenvalue weighted by molar-refractivity contribution is -0.143. The van der Waals surface area contributed by atoms with Crippen LogP contribution >= 0.6 is 0 Å². The summed E-state index contributed by atoms with van der Waals surface area (Å²) in [7, 11) is 0. The van der Waals surface area contributed by atoms with Crippen molar-refractivity contribution < 1.29 is 9.59 Å². The Labute approximate surface area is 100 Å². The van der Waals surface area contributed by atoms with Crippen molar-refractivity contribution in [1.82, 2.24) is 4.90 Å². The second-order valence-electron chi connectivity index (χ2n) is 4.92. The first kappa shape index (κ1) is 10.5. The summed E-state index contributed by atoms with van der Waals surface area (Å²) in [5, 5.41) is 0. The van der Waals surface area contributed by atoms with Crippen LogP contribution in [0.1, 0.15) is 35.6 Å². The molecule has 3 rings (SSSR count). The summed E-state index contributed by atoms with van der Waals surface area (Å²) in [6, 6.07) is 6.17. The Bertz CT molecular complexity index is 507. The van der Waals surface area contributed by atoms with Crippen molar-refractivity contribution in [1.29, 1.82) is 0 Å². The van der Waals surface area contributed by atoms with E-state index in [4.69, 9.17) is 0 Å². The van der Waals surface area contributed by atoms with Crippen LogP contribution in [0.15, 0.2) is 18.2 Å². The van der Waals surface area contributed by atoms with Gasteiger partial charge in [-0.15, -0.1) is 0 Å². The number of amides is 1. The predicted molar refractivity (Wildman–Crippen MR) is 63.6 cm³/mol. The minimum Gasteiger partial charge on any atom is -0.334 e. The molecule has 1 saturated heterocycles. The van der Waals surface area contributed by atoms with Crippen LogP contribution in [0.2, 0.25) is 0 Å². The van der Waals surface area contributed by atoms with E-state index in [0.29, 0.717) is 6.42 Å². The van der Waals surface area contributed by atoms with E-state index in [2.05, 4.69) is 19.1 Å². The van der Waals surface area contributed by atoms with E-state index < -0.39 is 0 Å². The molecule has 1 amide bonds. The van der Waals surface area contributed by atoms with Crippen LogP contribution in [0.3, 0.4) is 0 Å². The van der Waals surface area contributed by atoms with Gasteiger partial charge in [-0.05, 0) is 30.0 Å². The quantitative estimate of drug-likeness (QED) is 0.636. The van der Waals surface area contributed by atoms with Crippen LogP contribution in [-0.2, 0) is 16.0 Å². The van der Waals surface area contributed by atoms with Gasteiger partial charge in [0.1, 0.15) is 5.78 Å². The number of fused-ring (bicyclic) bond motifs is 3. The third-order valence-electron chi connectivity index (χ3n) is 3.87. The highest BCUT2D eigenvalue weighted by Gasteiger charge is 2.37. The van der Waals surface area contributed by atoms with Crippen LogP contribution in [0, 0.1) is 6.92 Å². The molecule has 1 unspecified atom stereocenters. The lowest BCUT2D eigenvalue weighted by atomic mass is 9.84. The van der Waals surface area contributed by atoms with Crippen LogP contribution in [0.4, 0.5) is 0 Å². The molecule has 2 aliphatic heterocycles. The Morgan fingerprint density at radius 3 is 2.94 bits per heavy atom. The zero-order chi connectivity index (χ0) is 12.0. The Morgan fingerprint density at radius 1 is 1.29 bits per heavy atom. The number of hydrogen-bond acceptors (Lipinski definition) is 2. The van der Waals surface area contributed by atoms with E-state index in [-0.39, 0.29) is 24.2 Å². The highest BCUT2D eigenvalue weighted by Crippen LogP contribution is 2.36. The summed E-state index contributed by atoms with van der Waals surface area (Å²) in [5.74, 6) is 0.0732. The highest BCUT2D eigenvalue weighted by molar-refractivity contribution is 6.01. The number of benzene rings is 1. The van der Waals surface area contributed by atoms with Gasteiger partial charge in [-0.25, -0.2) is 0 Å². The first-order valence-electron chi connectivity index (χ1n) is 6.06. The summed E-state index contributed by atoms with van der Waals surface area (Å²) in [4.78, 5) is 25.3. The number of nitrogens with zero attached hydrogens (tertiary/aromatic N) is 1. The van der Waals surface area contributed by atoms with Gasteiger partial charge in [-0.1, -0.05) is 18.2 Å². The number of Topliss-reactive ketones (excluding diaryl/α,β-unsaturated/α-hetero) is 1. The molecule has 3 heteroatoms. The van der Waals surface area contributed by atoms with Crippen molar-refractivity contribution in [3.05, 3.63) is 34.9 Å². The molecule has 0 spiro atoms. The zero-order valence-electron chi connectivity index (χ0n) is 9.90. The average molecular weight is 229 g/mol. The standard InChI is InChI=1S/C14H15NO2/c1-9-3-2-4-12-11(9)5-6-15-13(12)7-10(16)8-14(15)17/h2-4,13H,5-8H2,1H3. The number of hydrogen-bond donors (Lipinski definition) is 0. The number of carbonyl (C=O) groups is 2. The molecule has 3 nitrogen and oxygen atoms in total. The second-order valence-corrected chi connectivity index (χ2v) is 4.92. The van der Waals surface area contributed by atoms with E-state index >= 15 is 0 Å². The molecule has 0 radical (unpaired) electrons. The zero-order valence-corrected chi connectivity index (χ0v) is 9.90. The minimum atomic E-state index is -0.00704. The van der Waals surface area contributed by atoms with Gasteiger partial charge in [0.05, 0.1) is 12.5 Å². The maximum atomic E-state index is 11.8. The third-order valence-corrected chi connectivity index (χ3v) is 3.87. The highest BCUT2D eigenvalue weighted by atomic mass is 16.2. The van der Waals surface area contributed by atoms with Gasteiger partial charge >= 0.3 is 0 Å². The molecule has 1 aromatic rings. The van der Waals surface area contributed by atoms with Gasteiger partial charge in [0.15, 0.2) is 0 Å². The maximum Gasteiger partial charge on any atom is 0.230 e. The molecule has 1 fully saturated rings. The SMILES string of the molecule is Cc1cccc2c1CCN1C(=O)CC(=O)CC21. The molecule has 0 N–H and O–H groups in total. The molecule has 0 saturated carbocycles. The molecule has 17 heavy (non-hydrogen) atoms. The first-order chi connectivity index (χ1) is 8.16. The molecular weight excluding hydrogens is 214 g/mol. The van der Waals surface area contributed by atoms with E-state index in [9.17, 15) is 9.59 Å². The largest absolute Gasteiger partial charge is 0.334 e. The van der Waals surface area contributed by atoms with Crippen molar-refractivity contribution in [2.75, 3.05) is 6.54 Å². The summed E-state index contributed by atoms with van der Waals surface area (Å²) in [6.45, 7) is 2.86. The van der Waals surface area contributed by atoms with Gasteiger partial charge in [0, 0.05) is 13.0 Å². The van der Waals surface area contributed by atoms with E-state index in [1.165, 1.54) is 16.7 Å². The van der Waals surface area contributed by atoms with Crippen molar-refractivity contribution in [3.63, 3.8) is 0 Å². The number of carbonyl (C=O) groups excluding carboxylic acids is 2. The van der Waals surface area contributed by atoms with E-state index in [1.54, 1.807) is 0 Å². The van der Waals surface area contributed by atoms with Gasteiger partial charge in [0.2, 0.25) is 5.91 Å². The van der Waals surface area contributed by atoms with E-state index in [1.807, 2.05) is 11.0 Å². The molecule has 1 atom stereocenters. The first-order valence-corrected chi connectivity index (χ1v) is 6.06. The monoisotopic (exact) mass is 229 g/mol. The summed E-state index contributed by atoms with van der Waals surface area (Å²) >= 11 is 0. The fourth-order valence-corrected chi connectivity index (χ4v) is 3.01. The molecule has 1 aromatic carbocycles. The minimum absolute atomic E-state index is 0.00148. The Balaban J connectivity index is 2.08. The average Bonchev–Trinajstić information content (AvgIpc) is 2.29. The number of aryl methyl sites for hydroxylation is 1. The van der Waals surface area contributed by atoms with Gasteiger partial charge in [-0.2, -0.15) is 0 Å². The summed E-state index contributed by atoms with van der Waals surface area (Å²) in [5.41, 5.74) is 3.78. The van der Waals surface area contributed by atoms with Crippen molar-refractivity contribution in [3.8, 4) is 0 Å². The Hall–Kier alpha value is -1.64. The van der Waals surface area contributed by atoms with Crippen molar-refractivity contribution >= 4 is 11.7 Å². The van der Waals surface area contributed by atoms with Crippen LogP contribution in [0.25, 0.3) is 0 Å². The normalized spacial score (nSPS) is 23.4. The number of piperidine rings is 1.